The van der Waals surface area contributed by atoms with Gasteiger partial charge in [0, 0.05) is 19.0 Å². The second-order valence-corrected chi connectivity index (χ2v) is 5.32. The van der Waals surface area contributed by atoms with Crippen molar-refractivity contribution in [3.8, 4) is 0 Å². The third kappa shape index (κ3) is 2.54. The minimum atomic E-state index is -4.73. The van der Waals surface area contributed by atoms with Crippen molar-refractivity contribution in [3.63, 3.8) is 0 Å². The molecule has 9 nitrogen and oxygen atoms in total. The van der Waals surface area contributed by atoms with Crippen molar-refractivity contribution in [1.29, 1.82) is 0 Å². The quantitative estimate of drug-likeness (QED) is 0.626. The summed E-state index contributed by atoms with van der Waals surface area (Å²) >= 11 is 0. The normalized spacial score (nSPS) is 27.7. The molecule has 0 aromatic carbocycles. The Kier molecular flexibility index (Phi) is 3.17. The van der Waals surface area contributed by atoms with E-state index >= 15 is 0 Å². The van der Waals surface area contributed by atoms with Crippen LogP contribution in [0.4, 0.5) is 4.79 Å². The van der Waals surface area contributed by atoms with Crippen molar-refractivity contribution in [2.45, 2.75) is 31.3 Å². The number of nitrogens with zero attached hydrogens (tertiary/aromatic N) is 2. The van der Waals surface area contributed by atoms with Gasteiger partial charge in [0.2, 0.25) is 5.91 Å². The highest BCUT2D eigenvalue weighted by atomic mass is 32.3. The molecule has 2 unspecified atom stereocenters. The fourth-order valence-electron chi connectivity index (χ4n) is 2.36. The molecule has 0 spiro atoms. The molecule has 102 valence electrons. The average Bonchev–Trinajstić information content (AvgIpc) is 2.45. The average molecular weight is 279 g/mol. The predicted octanol–water partition coefficient (Wildman–Crippen LogP) is -1.14. The highest BCUT2D eigenvalue weighted by molar-refractivity contribution is 7.80. The van der Waals surface area contributed by atoms with E-state index in [1.807, 2.05) is 0 Å². The summed E-state index contributed by atoms with van der Waals surface area (Å²) in [6.45, 7) is 0.256. The number of hydrogen-bond acceptors (Lipinski definition) is 5. The molecule has 0 aliphatic carbocycles. The standard InChI is InChI=1S/C8H13N3O6S/c9-7(12)3-5-1-2-6-4-10(5)8(13)11(6)17-18(14,15)16/h5-6H,1-4H2,(H2,9,12)(H,14,15,16). The molecular weight excluding hydrogens is 266 g/mol. The number of amides is 3. The molecule has 2 aliphatic heterocycles. The van der Waals surface area contributed by atoms with E-state index in [2.05, 4.69) is 4.28 Å². The van der Waals surface area contributed by atoms with Crippen LogP contribution in [0.5, 0.6) is 0 Å². The number of piperidine rings is 1. The van der Waals surface area contributed by atoms with Gasteiger partial charge in [-0.2, -0.15) is 13.5 Å². The molecule has 3 N–H and O–H groups in total. The Balaban J connectivity index is 2.12. The number of urea groups is 1. The first-order valence-electron chi connectivity index (χ1n) is 5.33. The molecule has 0 aromatic rings. The SMILES string of the molecule is NC(=O)CC1CCC2CN1C(=O)N2OS(=O)(=O)O. The number of fused-ring (bicyclic) bond motifs is 2. The van der Waals surface area contributed by atoms with Gasteiger partial charge in [-0.15, -0.1) is 4.28 Å². The maximum Gasteiger partial charge on any atom is 0.418 e. The maximum atomic E-state index is 11.9. The van der Waals surface area contributed by atoms with Gasteiger partial charge in [0.1, 0.15) is 0 Å². The molecular formula is C8H13N3O6S. The number of carbonyl (C=O) groups excluding carboxylic acids is 2. The van der Waals surface area contributed by atoms with Gasteiger partial charge in [-0.1, -0.05) is 0 Å². The van der Waals surface area contributed by atoms with E-state index in [1.165, 1.54) is 4.90 Å². The number of nitrogens with two attached hydrogens (primary N) is 1. The molecule has 0 saturated carbocycles. The van der Waals surface area contributed by atoms with Crippen LogP contribution in [-0.4, -0.2) is 53.5 Å². The Bertz CT molecular complexity index is 477. The smallest absolute Gasteiger partial charge is 0.370 e. The van der Waals surface area contributed by atoms with Crippen LogP contribution < -0.4 is 5.73 Å². The third-order valence-corrected chi connectivity index (χ3v) is 3.41. The van der Waals surface area contributed by atoms with Crippen LogP contribution in [0, 0.1) is 0 Å². The van der Waals surface area contributed by atoms with E-state index < -0.39 is 28.4 Å². The monoisotopic (exact) mass is 279 g/mol. The van der Waals surface area contributed by atoms with Crippen LogP contribution in [-0.2, 0) is 19.5 Å². The lowest BCUT2D eigenvalue weighted by atomic mass is 9.98. The van der Waals surface area contributed by atoms with Crippen LogP contribution in [0.25, 0.3) is 0 Å². The minimum absolute atomic E-state index is 0.0260. The van der Waals surface area contributed by atoms with Crippen molar-refractivity contribution in [2.75, 3.05) is 6.54 Å². The molecule has 2 saturated heterocycles. The first-order valence-corrected chi connectivity index (χ1v) is 6.69. The van der Waals surface area contributed by atoms with E-state index in [-0.39, 0.29) is 19.0 Å². The predicted molar refractivity (Wildman–Crippen MR) is 57.2 cm³/mol. The van der Waals surface area contributed by atoms with Crippen molar-refractivity contribution in [2.24, 2.45) is 5.73 Å². The van der Waals surface area contributed by atoms with Crippen molar-refractivity contribution in [3.05, 3.63) is 0 Å². The van der Waals surface area contributed by atoms with Gasteiger partial charge in [0.05, 0.1) is 6.04 Å². The van der Waals surface area contributed by atoms with E-state index in [1.54, 1.807) is 0 Å². The number of rotatable bonds is 4. The fraction of sp³-hybridized carbons (Fsp3) is 0.750. The van der Waals surface area contributed by atoms with E-state index in [0.717, 1.165) is 0 Å². The lowest BCUT2D eigenvalue weighted by molar-refractivity contribution is -0.119. The number of hydroxylamine groups is 2. The fourth-order valence-corrected chi connectivity index (χ4v) is 2.74. The van der Waals surface area contributed by atoms with E-state index in [0.29, 0.717) is 17.9 Å². The molecule has 3 amide bonds. The highest BCUT2D eigenvalue weighted by Gasteiger charge is 2.47. The summed E-state index contributed by atoms with van der Waals surface area (Å²) in [6.07, 6.45) is 1.04. The summed E-state index contributed by atoms with van der Waals surface area (Å²) in [7, 11) is -4.73. The molecule has 2 fully saturated rings. The Labute approximate surface area is 103 Å². The van der Waals surface area contributed by atoms with Gasteiger partial charge in [0.15, 0.2) is 0 Å². The second-order valence-electron chi connectivity index (χ2n) is 4.32. The van der Waals surface area contributed by atoms with Crippen LogP contribution in [0.2, 0.25) is 0 Å². The van der Waals surface area contributed by atoms with E-state index in [9.17, 15) is 18.0 Å². The topological polar surface area (TPSA) is 130 Å². The first kappa shape index (κ1) is 13.1. The first-order chi connectivity index (χ1) is 8.28. The largest absolute Gasteiger partial charge is 0.418 e. The molecule has 2 atom stereocenters. The van der Waals surface area contributed by atoms with Gasteiger partial charge in [0.25, 0.3) is 0 Å². The summed E-state index contributed by atoms with van der Waals surface area (Å²) in [6, 6.07) is -1.47. The van der Waals surface area contributed by atoms with Crippen LogP contribution >= 0.6 is 0 Å². The number of carbonyl (C=O) groups is 2. The zero-order chi connectivity index (χ0) is 13.5. The zero-order valence-corrected chi connectivity index (χ0v) is 10.2. The van der Waals surface area contributed by atoms with E-state index in [4.69, 9.17) is 10.3 Å². The Hall–Kier alpha value is -1.39. The Morgan fingerprint density at radius 2 is 2.17 bits per heavy atom. The van der Waals surface area contributed by atoms with Gasteiger partial charge in [-0.25, -0.2) is 4.79 Å². The molecule has 2 bridgehead atoms. The van der Waals surface area contributed by atoms with Crippen LogP contribution in [0.15, 0.2) is 0 Å². The van der Waals surface area contributed by atoms with Gasteiger partial charge in [-0.05, 0) is 12.8 Å². The minimum Gasteiger partial charge on any atom is -0.370 e. The van der Waals surface area contributed by atoms with Gasteiger partial charge < -0.3 is 10.6 Å². The lowest BCUT2D eigenvalue weighted by Crippen LogP contribution is -2.42. The Morgan fingerprint density at radius 3 is 2.72 bits per heavy atom. The summed E-state index contributed by atoms with van der Waals surface area (Å²) < 4.78 is 34.1. The summed E-state index contributed by atoms with van der Waals surface area (Å²) in [5.41, 5.74) is 5.08. The van der Waals surface area contributed by atoms with Crippen molar-refractivity contribution in [1.82, 2.24) is 9.96 Å². The summed E-state index contributed by atoms with van der Waals surface area (Å²) in [5, 5.41) is 0.635. The molecule has 2 heterocycles. The summed E-state index contributed by atoms with van der Waals surface area (Å²) in [5.74, 6) is -0.527. The molecule has 18 heavy (non-hydrogen) atoms. The number of hydrogen-bond donors (Lipinski definition) is 2. The number of primary amides is 1. The molecule has 10 heteroatoms. The Morgan fingerprint density at radius 1 is 1.50 bits per heavy atom. The maximum absolute atomic E-state index is 11.9. The van der Waals surface area contributed by atoms with Crippen molar-refractivity contribution < 1.29 is 26.8 Å². The lowest BCUT2D eigenvalue weighted by Gasteiger charge is -2.29. The third-order valence-electron chi connectivity index (χ3n) is 3.06. The zero-order valence-electron chi connectivity index (χ0n) is 9.35. The molecule has 2 rings (SSSR count). The summed E-state index contributed by atoms with van der Waals surface area (Å²) in [4.78, 5) is 24.1. The van der Waals surface area contributed by atoms with Crippen LogP contribution in [0.1, 0.15) is 19.3 Å². The van der Waals surface area contributed by atoms with Crippen molar-refractivity contribution >= 4 is 22.3 Å². The second kappa shape index (κ2) is 4.37. The molecule has 2 aliphatic rings. The van der Waals surface area contributed by atoms with Crippen LogP contribution in [0.3, 0.4) is 0 Å². The van der Waals surface area contributed by atoms with Gasteiger partial charge in [-0.3, -0.25) is 9.35 Å². The highest BCUT2D eigenvalue weighted by Crippen LogP contribution is 2.31. The molecule has 0 radical (unpaired) electrons. The van der Waals surface area contributed by atoms with Gasteiger partial charge >= 0.3 is 16.4 Å². The molecule has 0 aromatic heterocycles.